The summed E-state index contributed by atoms with van der Waals surface area (Å²) in [5, 5.41) is 9.25. The summed E-state index contributed by atoms with van der Waals surface area (Å²) in [5.74, 6) is 0.114. The lowest BCUT2D eigenvalue weighted by Crippen LogP contribution is -1.91. The molecule has 0 spiro atoms. The Morgan fingerprint density at radius 1 is 1.38 bits per heavy atom. The molecule has 0 heterocycles. The fraction of sp³-hybridized carbons (Fsp3) is 0.455. The van der Waals surface area contributed by atoms with E-state index in [-0.39, 0.29) is 5.92 Å². The smallest absolute Gasteiger partial charge is 0.108 e. The highest BCUT2D eigenvalue weighted by molar-refractivity contribution is 5.30. The molecule has 1 nitrogen and oxygen atoms in total. The first-order valence-electron chi connectivity index (χ1n) is 4.60. The molecule has 1 unspecified atom stereocenters. The first-order valence-corrected chi connectivity index (χ1v) is 4.60. The van der Waals surface area contributed by atoms with Gasteiger partial charge in [0, 0.05) is 5.92 Å². The summed E-state index contributed by atoms with van der Waals surface area (Å²) in [6, 6.07) is 7.55. The monoisotopic (exact) mass is 180 g/mol. The summed E-state index contributed by atoms with van der Waals surface area (Å²) in [6.07, 6.45) is -0.416. The normalized spacial score (nSPS) is 28.5. The quantitative estimate of drug-likeness (QED) is 0.741. The van der Waals surface area contributed by atoms with Crippen LogP contribution in [-0.4, -0.2) is 11.3 Å². The van der Waals surface area contributed by atoms with Gasteiger partial charge in [-0.3, -0.25) is 0 Å². The third-order valence-corrected chi connectivity index (χ3v) is 2.56. The molecule has 0 aliphatic heterocycles. The Morgan fingerprint density at radius 2 is 1.92 bits per heavy atom. The van der Waals surface area contributed by atoms with Crippen LogP contribution in [0.15, 0.2) is 24.3 Å². The fourth-order valence-electron chi connectivity index (χ4n) is 1.53. The van der Waals surface area contributed by atoms with E-state index in [2.05, 4.69) is 0 Å². The van der Waals surface area contributed by atoms with Crippen LogP contribution in [0.25, 0.3) is 0 Å². The highest BCUT2D eigenvalue weighted by Gasteiger charge is 2.38. The third kappa shape index (κ3) is 1.73. The highest BCUT2D eigenvalue weighted by Crippen LogP contribution is 2.43. The van der Waals surface area contributed by atoms with Crippen molar-refractivity contribution >= 4 is 0 Å². The highest BCUT2D eigenvalue weighted by atomic mass is 19.1. The van der Waals surface area contributed by atoms with Gasteiger partial charge >= 0.3 is 0 Å². The second kappa shape index (κ2) is 3.11. The number of benzene rings is 1. The van der Waals surface area contributed by atoms with Crippen molar-refractivity contribution in [3.63, 3.8) is 0 Å². The lowest BCUT2D eigenvalue weighted by molar-refractivity contribution is 0.199. The number of alkyl halides is 1. The Kier molecular flexibility index (Phi) is 2.08. The van der Waals surface area contributed by atoms with Crippen LogP contribution in [0.1, 0.15) is 36.5 Å². The van der Waals surface area contributed by atoms with Crippen molar-refractivity contribution in [1.82, 2.24) is 0 Å². The van der Waals surface area contributed by atoms with Crippen LogP contribution in [0.4, 0.5) is 4.39 Å². The van der Waals surface area contributed by atoms with Crippen molar-refractivity contribution in [2.24, 2.45) is 0 Å². The first-order chi connectivity index (χ1) is 6.18. The molecule has 1 N–H and O–H groups in total. The molecule has 3 atom stereocenters. The van der Waals surface area contributed by atoms with E-state index in [1.54, 1.807) is 6.92 Å². The minimum Gasteiger partial charge on any atom is -0.389 e. The molecule has 0 saturated heterocycles. The number of hydrogen-bond donors (Lipinski definition) is 1. The van der Waals surface area contributed by atoms with Crippen molar-refractivity contribution in [3.8, 4) is 0 Å². The van der Waals surface area contributed by atoms with Crippen molar-refractivity contribution in [2.75, 3.05) is 0 Å². The molecule has 1 aliphatic rings. The predicted molar refractivity (Wildman–Crippen MR) is 49.3 cm³/mol. The maximum atomic E-state index is 12.7. The Hall–Kier alpha value is -0.890. The maximum absolute atomic E-state index is 12.7. The standard InChI is InChI=1S/C11H13FO/c1-7(13)8-2-4-9(5-3-8)10-6-11(10)12/h2-5,7,10-11,13H,6H2,1H3/t7?,10-,11+/m0/s1. The van der Waals surface area contributed by atoms with Gasteiger partial charge in [-0.25, -0.2) is 4.39 Å². The molecular weight excluding hydrogens is 167 g/mol. The molecule has 1 aliphatic carbocycles. The number of hydrogen-bond acceptors (Lipinski definition) is 1. The predicted octanol–water partition coefficient (Wildman–Crippen LogP) is 2.57. The summed E-state index contributed by atoms with van der Waals surface area (Å²) in [6.45, 7) is 1.73. The lowest BCUT2D eigenvalue weighted by atomic mass is 10.1. The van der Waals surface area contributed by atoms with E-state index in [4.69, 9.17) is 0 Å². The van der Waals surface area contributed by atoms with Crippen molar-refractivity contribution in [2.45, 2.75) is 31.5 Å². The molecule has 2 rings (SSSR count). The average molecular weight is 180 g/mol. The summed E-state index contributed by atoms with van der Waals surface area (Å²) in [4.78, 5) is 0. The zero-order chi connectivity index (χ0) is 9.42. The van der Waals surface area contributed by atoms with E-state index in [0.29, 0.717) is 6.42 Å². The third-order valence-electron chi connectivity index (χ3n) is 2.56. The van der Waals surface area contributed by atoms with Gasteiger partial charge in [0.25, 0.3) is 0 Å². The van der Waals surface area contributed by atoms with E-state index in [9.17, 15) is 9.50 Å². The van der Waals surface area contributed by atoms with E-state index in [1.165, 1.54) is 0 Å². The van der Waals surface area contributed by atoms with Crippen LogP contribution in [0.2, 0.25) is 0 Å². The summed E-state index contributed by atoms with van der Waals surface area (Å²) >= 11 is 0. The molecule has 1 aromatic carbocycles. The summed E-state index contributed by atoms with van der Waals surface area (Å²) < 4.78 is 12.7. The summed E-state index contributed by atoms with van der Waals surface area (Å²) in [7, 11) is 0. The zero-order valence-corrected chi connectivity index (χ0v) is 7.57. The molecule has 1 aromatic rings. The topological polar surface area (TPSA) is 20.2 Å². The molecule has 1 fully saturated rings. The molecule has 1 saturated carbocycles. The van der Waals surface area contributed by atoms with Gasteiger partial charge < -0.3 is 5.11 Å². The van der Waals surface area contributed by atoms with Crippen LogP contribution in [0.3, 0.4) is 0 Å². The molecular formula is C11H13FO. The molecule has 0 amide bonds. The number of rotatable bonds is 2. The van der Waals surface area contributed by atoms with Crippen LogP contribution >= 0.6 is 0 Å². The minimum absolute atomic E-state index is 0.114. The van der Waals surface area contributed by atoms with Gasteiger partial charge in [0.05, 0.1) is 6.10 Å². The Balaban J connectivity index is 2.14. The molecule has 13 heavy (non-hydrogen) atoms. The summed E-state index contributed by atoms with van der Waals surface area (Å²) in [5.41, 5.74) is 1.94. The van der Waals surface area contributed by atoms with Gasteiger partial charge in [-0.05, 0) is 24.5 Å². The van der Waals surface area contributed by atoms with E-state index in [0.717, 1.165) is 11.1 Å². The van der Waals surface area contributed by atoms with E-state index in [1.807, 2.05) is 24.3 Å². The molecule has 0 radical (unpaired) electrons. The minimum atomic E-state index is -0.641. The van der Waals surface area contributed by atoms with Gasteiger partial charge in [0.1, 0.15) is 6.17 Å². The molecule has 0 bridgehead atoms. The van der Waals surface area contributed by atoms with Gasteiger partial charge in [-0.2, -0.15) is 0 Å². The van der Waals surface area contributed by atoms with Crippen molar-refractivity contribution < 1.29 is 9.50 Å². The van der Waals surface area contributed by atoms with Crippen LogP contribution in [-0.2, 0) is 0 Å². The fourth-order valence-corrected chi connectivity index (χ4v) is 1.53. The zero-order valence-electron chi connectivity index (χ0n) is 7.57. The maximum Gasteiger partial charge on any atom is 0.108 e. The number of aliphatic hydroxyl groups excluding tert-OH is 1. The van der Waals surface area contributed by atoms with Gasteiger partial charge in [0.2, 0.25) is 0 Å². The van der Waals surface area contributed by atoms with Crippen LogP contribution in [0.5, 0.6) is 0 Å². The van der Waals surface area contributed by atoms with Gasteiger partial charge in [-0.1, -0.05) is 24.3 Å². The molecule has 70 valence electrons. The SMILES string of the molecule is CC(O)c1ccc([C@@H]2C[C@H]2F)cc1. The van der Waals surface area contributed by atoms with E-state index >= 15 is 0 Å². The van der Waals surface area contributed by atoms with Gasteiger partial charge in [-0.15, -0.1) is 0 Å². The van der Waals surface area contributed by atoms with Crippen LogP contribution in [0, 0.1) is 0 Å². The average Bonchev–Trinajstić information content (AvgIpc) is 2.83. The van der Waals surface area contributed by atoms with E-state index < -0.39 is 12.3 Å². The Labute approximate surface area is 77.2 Å². The second-order valence-electron chi connectivity index (χ2n) is 3.70. The second-order valence-corrected chi connectivity index (χ2v) is 3.70. The first kappa shape index (κ1) is 8.70. The number of halogens is 1. The Bertz CT molecular complexity index is 291. The Morgan fingerprint density at radius 3 is 2.31 bits per heavy atom. The molecule has 0 aromatic heterocycles. The van der Waals surface area contributed by atoms with Gasteiger partial charge in [0.15, 0.2) is 0 Å². The van der Waals surface area contributed by atoms with Crippen molar-refractivity contribution in [3.05, 3.63) is 35.4 Å². The number of aliphatic hydroxyl groups is 1. The largest absolute Gasteiger partial charge is 0.389 e. The molecule has 2 heteroatoms. The lowest BCUT2D eigenvalue weighted by Gasteiger charge is -2.05. The van der Waals surface area contributed by atoms with Crippen LogP contribution < -0.4 is 0 Å². The van der Waals surface area contributed by atoms with Crippen molar-refractivity contribution in [1.29, 1.82) is 0 Å².